The van der Waals surface area contributed by atoms with Gasteiger partial charge in [-0.15, -0.1) is 0 Å². The van der Waals surface area contributed by atoms with Crippen molar-refractivity contribution >= 4 is 17.7 Å². The number of para-hydroxylation sites is 1. The fraction of sp³-hybridized carbons (Fsp3) is 0.611. The van der Waals surface area contributed by atoms with Crippen molar-refractivity contribution in [2.24, 2.45) is 0 Å². The highest BCUT2D eigenvalue weighted by atomic mass is 32.2. The smallest absolute Gasteiger partial charge is 0.216 e. The highest BCUT2D eigenvalue weighted by molar-refractivity contribution is 7.99. The molecule has 1 saturated heterocycles. The number of carbonyl (C=O) groups excluding carboxylic acids is 1. The fourth-order valence-electron chi connectivity index (χ4n) is 2.66. The van der Waals surface area contributed by atoms with E-state index in [0.717, 1.165) is 35.9 Å². The molecule has 0 saturated carbocycles. The molecule has 1 aliphatic rings. The molecule has 140 valence electrons. The van der Waals surface area contributed by atoms with E-state index in [-0.39, 0.29) is 5.91 Å². The van der Waals surface area contributed by atoms with Gasteiger partial charge in [-0.1, -0.05) is 18.2 Å². The van der Waals surface area contributed by atoms with Gasteiger partial charge in [0, 0.05) is 63.3 Å². The Balaban J connectivity index is 1.72. The molecule has 1 aromatic carbocycles. The molecule has 1 atom stereocenters. The van der Waals surface area contributed by atoms with E-state index in [9.17, 15) is 9.90 Å². The summed E-state index contributed by atoms with van der Waals surface area (Å²) in [7, 11) is 0. The molecule has 1 unspecified atom stereocenters. The Morgan fingerprint density at radius 1 is 1.32 bits per heavy atom. The van der Waals surface area contributed by atoms with Crippen molar-refractivity contribution in [2.45, 2.75) is 19.6 Å². The van der Waals surface area contributed by atoms with E-state index in [1.54, 1.807) is 0 Å². The molecule has 3 N–H and O–H groups in total. The first-order valence-corrected chi connectivity index (χ1v) is 9.94. The Bertz CT molecular complexity index is 524. The third-order valence-corrected chi connectivity index (χ3v) is 4.91. The van der Waals surface area contributed by atoms with Crippen LogP contribution in [0.1, 0.15) is 12.5 Å². The van der Waals surface area contributed by atoms with Crippen LogP contribution in [0.5, 0.6) is 5.75 Å². The molecule has 0 spiro atoms. The molecule has 2 rings (SSSR count). The molecule has 25 heavy (non-hydrogen) atoms. The standard InChI is InChI=1S/C18H29N3O3S/c1-15(22)20-7-6-19-12-16-4-2-3-5-18(16)24-14-17(23)13-21-8-10-25-11-9-21/h2-5,17,19,23H,6-14H2,1H3,(H,20,22). The second kappa shape index (κ2) is 11.4. The summed E-state index contributed by atoms with van der Waals surface area (Å²) in [4.78, 5) is 13.1. The van der Waals surface area contributed by atoms with Gasteiger partial charge in [-0.2, -0.15) is 11.8 Å². The molecule has 1 amide bonds. The Labute approximate surface area is 154 Å². The number of ether oxygens (including phenoxy) is 1. The van der Waals surface area contributed by atoms with Crippen molar-refractivity contribution in [1.82, 2.24) is 15.5 Å². The van der Waals surface area contributed by atoms with Crippen molar-refractivity contribution in [1.29, 1.82) is 0 Å². The van der Waals surface area contributed by atoms with Crippen molar-refractivity contribution in [2.75, 3.05) is 50.8 Å². The lowest BCUT2D eigenvalue weighted by Crippen LogP contribution is -2.40. The number of aliphatic hydroxyl groups is 1. The first kappa shape index (κ1) is 20.0. The molecule has 0 aliphatic carbocycles. The zero-order valence-electron chi connectivity index (χ0n) is 14.9. The van der Waals surface area contributed by atoms with Crippen LogP contribution in [0.3, 0.4) is 0 Å². The molecule has 1 aromatic rings. The van der Waals surface area contributed by atoms with Crippen LogP contribution >= 0.6 is 11.8 Å². The quantitative estimate of drug-likeness (QED) is 0.529. The highest BCUT2D eigenvalue weighted by Gasteiger charge is 2.15. The summed E-state index contributed by atoms with van der Waals surface area (Å²) >= 11 is 1.97. The van der Waals surface area contributed by atoms with Crippen LogP contribution < -0.4 is 15.4 Å². The van der Waals surface area contributed by atoms with Crippen LogP contribution in [0.4, 0.5) is 0 Å². The third-order valence-electron chi connectivity index (χ3n) is 3.97. The van der Waals surface area contributed by atoms with Crippen LogP contribution in [-0.4, -0.2) is 72.9 Å². The first-order valence-electron chi connectivity index (χ1n) is 8.79. The zero-order chi connectivity index (χ0) is 17.9. The van der Waals surface area contributed by atoms with Gasteiger partial charge in [0.1, 0.15) is 18.5 Å². The molecular formula is C18H29N3O3S. The Hall–Kier alpha value is -1.28. The van der Waals surface area contributed by atoms with Crippen LogP contribution in [0, 0.1) is 0 Å². The van der Waals surface area contributed by atoms with E-state index >= 15 is 0 Å². The number of aliphatic hydroxyl groups excluding tert-OH is 1. The number of amides is 1. The van der Waals surface area contributed by atoms with Crippen LogP contribution in [0.2, 0.25) is 0 Å². The molecule has 1 fully saturated rings. The minimum absolute atomic E-state index is 0.0215. The van der Waals surface area contributed by atoms with Crippen molar-refractivity contribution < 1.29 is 14.6 Å². The lowest BCUT2D eigenvalue weighted by molar-refractivity contribution is -0.118. The minimum Gasteiger partial charge on any atom is -0.491 e. The summed E-state index contributed by atoms with van der Waals surface area (Å²) in [5.74, 6) is 3.05. The summed E-state index contributed by atoms with van der Waals surface area (Å²) < 4.78 is 5.84. The Morgan fingerprint density at radius 3 is 2.84 bits per heavy atom. The number of hydrogen-bond donors (Lipinski definition) is 3. The Kier molecular flexibility index (Phi) is 9.10. The molecule has 0 radical (unpaired) electrons. The van der Waals surface area contributed by atoms with E-state index in [4.69, 9.17) is 4.74 Å². The number of nitrogens with one attached hydrogen (secondary N) is 2. The molecule has 1 heterocycles. The highest BCUT2D eigenvalue weighted by Crippen LogP contribution is 2.18. The summed E-state index contributed by atoms with van der Waals surface area (Å²) in [5.41, 5.74) is 1.05. The van der Waals surface area contributed by atoms with Crippen molar-refractivity contribution in [3.63, 3.8) is 0 Å². The van der Waals surface area contributed by atoms with Crippen molar-refractivity contribution in [3.8, 4) is 5.75 Å². The van der Waals surface area contributed by atoms with Crippen molar-refractivity contribution in [3.05, 3.63) is 29.8 Å². The van der Waals surface area contributed by atoms with Gasteiger partial charge in [0.05, 0.1) is 0 Å². The topological polar surface area (TPSA) is 73.8 Å². The van der Waals surface area contributed by atoms with E-state index < -0.39 is 6.10 Å². The number of benzene rings is 1. The van der Waals surface area contributed by atoms with E-state index in [1.807, 2.05) is 36.0 Å². The SMILES string of the molecule is CC(=O)NCCNCc1ccccc1OCC(O)CN1CCSCC1. The number of hydrogen-bond acceptors (Lipinski definition) is 6. The van der Waals surface area contributed by atoms with E-state index in [1.165, 1.54) is 6.92 Å². The Morgan fingerprint density at radius 2 is 2.08 bits per heavy atom. The molecule has 6 nitrogen and oxygen atoms in total. The van der Waals surface area contributed by atoms with Gasteiger partial charge in [-0.05, 0) is 6.07 Å². The zero-order valence-corrected chi connectivity index (χ0v) is 15.7. The minimum atomic E-state index is -0.483. The summed E-state index contributed by atoms with van der Waals surface area (Å²) in [5, 5.41) is 16.3. The maximum Gasteiger partial charge on any atom is 0.216 e. The predicted octanol–water partition coefficient (Wildman–Crippen LogP) is 0.701. The average Bonchev–Trinajstić information content (AvgIpc) is 2.61. The number of β-amino-alcohol motifs (C(OH)–C–C–N with tert-alkyl or cyclic N) is 1. The van der Waals surface area contributed by atoms with Gasteiger partial charge >= 0.3 is 0 Å². The van der Waals surface area contributed by atoms with Gasteiger partial charge in [-0.25, -0.2) is 0 Å². The lowest BCUT2D eigenvalue weighted by Gasteiger charge is -2.28. The first-order chi connectivity index (χ1) is 12.1. The fourth-order valence-corrected chi connectivity index (χ4v) is 3.64. The summed E-state index contributed by atoms with van der Waals surface area (Å²) in [6, 6.07) is 7.84. The van der Waals surface area contributed by atoms with Gasteiger partial charge in [-0.3, -0.25) is 9.69 Å². The molecule has 1 aliphatic heterocycles. The van der Waals surface area contributed by atoms with E-state index in [2.05, 4.69) is 15.5 Å². The van der Waals surface area contributed by atoms with Gasteiger partial charge in [0.25, 0.3) is 0 Å². The second-order valence-electron chi connectivity index (χ2n) is 6.15. The van der Waals surface area contributed by atoms with Gasteiger partial charge in [0.15, 0.2) is 0 Å². The second-order valence-corrected chi connectivity index (χ2v) is 7.37. The normalized spacial score (nSPS) is 16.4. The molecular weight excluding hydrogens is 338 g/mol. The largest absolute Gasteiger partial charge is 0.491 e. The van der Waals surface area contributed by atoms with Gasteiger partial charge in [0.2, 0.25) is 5.91 Å². The monoisotopic (exact) mass is 367 g/mol. The number of rotatable bonds is 10. The number of thioether (sulfide) groups is 1. The van der Waals surface area contributed by atoms with Crippen LogP contribution in [0.25, 0.3) is 0 Å². The molecule has 0 aromatic heterocycles. The van der Waals surface area contributed by atoms with Gasteiger partial charge < -0.3 is 20.5 Å². The lowest BCUT2D eigenvalue weighted by atomic mass is 10.2. The average molecular weight is 368 g/mol. The van der Waals surface area contributed by atoms with Crippen LogP contribution in [0.15, 0.2) is 24.3 Å². The number of nitrogens with zero attached hydrogens (tertiary/aromatic N) is 1. The molecule has 0 bridgehead atoms. The molecule has 7 heteroatoms. The van der Waals surface area contributed by atoms with Crippen LogP contribution in [-0.2, 0) is 11.3 Å². The summed E-state index contributed by atoms with van der Waals surface area (Å²) in [6.45, 7) is 6.51. The van der Waals surface area contributed by atoms with E-state index in [0.29, 0.717) is 32.8 Å². The maximum atomic E-state index is 10.8. The summed E-state index contributed by atoms with van der Waals surface area (Å²) in [6.07, 6.45) is -0.483. The predicted molar refractivity (Wildman–Crippen MR) is 102 cm³/mol. The number of carbonyl (C=O) groups is 1. The third kappa shape index (κ3) is 8.09. The maximum absolute atomic E-state index is 10.8.